The van der Waals surface area contributed by atoms with E-state index in [0.29, 0.717) is 6.10 Å². The van der Waals surface area contributed by atoms with Gasteiger partial charge in [0.25, 0.3) is 0 Å². The van der Waals surface area contributed by atoms with E-state index in [0.717, 1.165) is 89.0 Å². The molecular weight excluding hydrogens is 382 g/mol. The number of piperidine rings is 1. The van der Waals surface area contributed by atoms with Crippen LogP contribution in [0, 0.1) is 0 Å². The standard InChI is InChI=1S/C23H39N3O4/c1-5-24-23(26-14-11-20(12-15-26)30-17-7-16-27-2)25-13-6-8-19-9-10-21(28-3)22(18-19)29-4/h9-10,18,20H,5-8,11-17H2,1-4H3,(H,24,25). The summed E-state index contributed by atoms with van der Waals surface area (Å²) in [6.45, 7) is 7.30. The Morgan fingerprint density at radius 1 is 1.07 bits per heavy atom. The van der Waals surface area contributed by atoms with Gasteiger partial charge in [0, 0.05) is 46.5 Å². The average Bonchev–Trinajstić information content (AvgIpc) is 2.79. The number of benzene rings is 1. The zero-order chi connectivity index (χ0) is 21.6. The van der Waals surface area contributed by atoms with E-state index in [2.05, 4.69) is 23.2 Å². The molecule has 2 rings (SSSR count). The van der Waals surface area contributed by atoms with Gasteiger partial charge in [0.05, 0.1) is 20.3 Å². The van der Waals surface area contributed by atoms with Gasteiger partial charge in [0.1, 0.15) is 0 Å². The minimum absolute atomic E-state index is 0.353. The number of likely N-dealkylation sites (tertiary alicyclic amines) is 1. The molecule has 1 aliphatic heterocycles. The van der Waals surface area contributed by atoms with Crippen molar-refractivity contribution in [1.29, 1.82) is 0 Å². The van der Waals surface area contributed by atoms with E-state index in [1.165, 1.54) is 5.56 Å². The van der Waals surface area contributed by atoms with Crippen LogP contribution < -0.4 is 14.8 Å². The van der Waals surface area contributed by atoms with E-state index in [9.17, 15) is 0 Å². The predicted molar refractivity (Wildman–Crippen MR) is 121 cm³/mol. The van der Waals surface area contributed by atoms with Gasteiger partial charge in [-0.2, -0.15) is 0 Å². The molecule has 0 spiro atoms. The third kappa shape index (κ3) is 8.03. The number of ether oxygens (including phenoxy) is 4. The number of aryl methyl sites for hydroxylation is 1. The molecule has 1 aliphatic rings. The van der Waals surface area contributed by atoms with Crippen LogP contribution in [0.5, 0.6) is 11.5 Å². The number of guanidine groups is 1. The minimum atomic E-state index is 0.353. The van der Waals surface area contributed by atoms with Crippen molar-refractivity contribution < 1.29 is 18.9 Å². The Kier molecular flexibility index (Phi) is 11.4. The number of methoxy groups -OCH3 is 3. The Labute approximate surface area is 181 Å². The molecule has 0 amide bonds. The third-order valence-corrected chi connectivity index (χ3v) is 5.26. The van der Waals surface area contributed by atoms with Crippen LogP contribution in [-0.2, 0) is 15.9 Å². The monoisotopic (exact) mass is 421 g/mol. The van der Waals surface area contributed by atoms with Crippen LogP contribution in [0.4, 0.5) is 0 Å². The summed E-state index contributed by atoms with van der Waals surface area (Å²) in [5.74, 6) is 2.56. The molecule has 1 aromatic rings. The lowest BCUT2D eigenvalue weighted by molar-refractivity contribution is 0.00990. The largest absolute Gasteiger partial charge is 0.493 e. The molecule has 0 unspecified atom stereocenters. The number of rotatable bonds is 12. The molecule has 1 aromatic carbocycles. The maximum absolute atomic E-state index is 5.97. The second-order valence-corrected chi connectivity index (χ2v) is 7.43. The van der Waals surface area contributed by atoms with Crippen molar-refractivity contribution in [1.82, 2.24) is 10.2 Å². The number of nitrogens with zero attached hydrogens (tertiary/aromatic N) is 2. The van der Waals surface area contributed by atoms with Gasteiger partial charge in [0.15, 0.2) is 17.5 Å². The zero-order valence-electron chi connectivity index (χ0n) is 19.1. The highest BCUT2D eigenvalue weighted by molar-refractivity contribution is 5.80. The first-order valence-corrected chi connectivity index (χ1v) is 11.1. The summed E-state index contributed by atoms with van der Waals surface area (Å²) in [7, 11) is 5.06. The summed E-state index contributed by atoms with van der Waals surface area (Å²) in [5.41, 5.74) is 1.24. The van der Waals surface area contributed by atoms with E-state index < -0.39 is 0 Å². The van der Waals surface area contributed by atoms with E-state index >= 15 is 0 Å². The molecule has 1 saturated heterocycles. The zero-order valence-corrected chi connectivity index (χ0v) is 19.1. The number of hydrogen-bond acceptors (Lipinski definition) is 5. The molecule has 1 N–H and O–H groups in total. The summed E-state index contributed by atoms with van der Waals surface area (Å²) in [4.78, 5) is 7.21. The number of nitrogens with one attached hydrogen (secondary N) is 1. The molecule has 0 aromatic heterocycles. The lowest BCUT2D eigenvalue weighted by Crippen LogP contribution is -2.47. The lowest BCUT2D eigenvalue weighted by atomic mass is 10.1. The van der Waals surface area contributed by atoms with Gasteiger partial charge in [0.2, 0.25) is 0 Å². The number of aliphatic imine (C=N–C) groups is 1. The van der Waals surface area contributed by atoms with Crippen LogP contribution in [0.2, 0.25) is 0 Å². The van der Waals surface area contributed by atoms with Gasteiger partial charge in [-0.3, -0.25) is 4.99 Å². The molecule has 0 atom stereocenters. The van der Waals surface area contributed by atoms with Gasteiger partial charge in [-0.25, -0.2) is 0 Å². The molecule has 1 heterocycles. The van der Waals surface area contributed by atoms with E-state index in [1.807, 2.05) is 12.1 Å². The minimum Gasteiger partial charge on any atom is -0.493 e. The summed E-state index contributed by atoms with van der Waals surface area (Å²) in [5, 5.41) is 3.44. The van der Waals surface area contributed by atoms with Crippen molar-refractivity contribution in [2.45, 2.75) is 45.1 Å². The molecule has 7 heteroatoms. The van der Waals surface area contributed by atoms with Crippen LogP contribution in [0.3, 0.4) is 0 Å². The Balaban J connectivity index is 1.78. The van der Waals surface area contributed by atoms with Gasteiger partial charge in [-0.1, -0.05) is 6.07 Å². The summed E-state index contributed by atoms with van der Waals surface area (Å²) < 4.78 is 21.7. The van der Waals surface area contributed by atoms with Gasteiger partial charge < -0.3 is 29.2 Å². The molecule has 1 fully saturated rings. The Morgan fingerprint density at radius 2 is 1.83 bits per heavy atom. The molecular formula is C23H39N3O4. The van der Waals surface area contributed by atoms with Crippen LogP contribution in [-0.4, -0.2) is 77.7 Å². The quantitative estimate of drug-likeness (QED) is 0.318. The molecule has 170 valence electrons. The Morgan fingerprint density at radius 3 is 2.50 bits per heavy atom. The molecule has 0 aliphatic carbocycles. The lowest BCUT2D eigenvalue weighted by Gasteiger charge is -2.34. The molecule has 0 radical (unpaired) electrons. The average molecular weight is 422 g/mol. The second-order valence-electron chi connectivity index (χ2n) is 7.43. The molecule has 0 saturated carbocycles. The highest BCUT2D eigenvalue weighted by atomic mass is 16.5. The van der Waals surface area contributed by atoms with Gasteiger partial charge in [-0.15, -0.1) is 0 Å². The van der Waals surface area contributed by atoms with Crippen molar-refractivity contribution in [3.05, 3.63) is 23.8 Å². The van der Waals surface area contributed by atoms with E-state index in [-0.39, 0.29) is 0 Å². The summed E-state index contributed by atoms with van der Waals surface area (Å²) in [6, 6.07) is 6.10. The smallest absolute Gasteiger partial charge is 0.193 e. The van der Waals surface area contributed by atoms with Crippen LogP contribution >= 0.6 is 0 Å². The van der Waals surface area contributed by atoms with Crippen LogP contribution in [0.1, 0.15) is 38.2 Å². The fourth-order valence-electron chi connectivity index (χ4n) is 3.62. The fraction of sp³-hybridized carbons (Fsp3) is 0.696. The first-order chi connectivity index (χ1) is 14.7. The third-order valence-electron chi connectivity index (χ3n) is 5.26. The first kappa shape index (κ1) is 24.3. The Hall–Kier alpha value is -1.99. The summed E-state index contributed by atoms with van der Waals surface area (Å²) >= 11 is 0. The molecule has 30 heavy (non-hydrogen) atoms. The van der Waals surface area contributed by atoms with Crippen molar-refractivity contribution in [2.24, 2.45) is 4.99 Å². The highest BCUT2D eigenvalue weighted by Gasteiger charge is 2.21. The van der Waals surface area contributed by atoms with Crippen molar-refractivity contribution >= 4 is 5.96 Å². The maximum Gasteiger partial charge on any atom is 0.193 e. The van der Waals surface area contributed by atoms with Gasteiger partial charge in [-0.05, 0) is 56.7 Å². The predicted octanol–water partition coefficient (Wildman–Crippen LogP) is 3.12. The maximum atomic E-state index is 5.97. The SMILES string of the molecule is CCNC(=NCCCc1ccc(OC)c(OC)c1)N1CCC(OCCCOC)CC1. The second kappa shape index (κ2) is 14.1. The fourth-order valence-corrected chi connectivity index (χ4v) is 3.62. The van der Waals surface area contributed by atoms with E-state index in [1.54, 1.807) is 21.3 Å². The van der Waals surface area contributed by atoms with Gasteiger partial charge >= 0.3 is 0 Å². The normalized spacial score (nSPS) is 15.3. The topological polar surface area (TPSA) is 64.6 Å². The number of hydrogen-bond donors (Lipinski definition) is 1. The Bertz CT molecular complexity index is 631. The highest BCUT2D eigenvalue weighted by Crippen LogP contribution is 2.27. The summed E-state index contributed by atoms with van der Waals surface area (Å²) in [6.07, 6.45) is 5.35. The van der Waals surface area contributed by atoms with Crippen molar-refractivity contribution in [3.63, 3.8) is 0 Å². The first-order valence-electron chi connectivity index (χ1n) is 11.1. The molecule has 0 bridgehead atoms. The van der Waals surface area contributed by atoms with Crippen LogP contribution in [0.15, 0.2) is 23.2 Å². The van der Waals surface area contributed by atoms with Crippen molar-refractivity contribution in [2.75, 3.05) is 60.7 Å². The van der Waals surface area contributed by atoms with Crippen LogP contribution in [0.25, 0.3) is 0 Å². The van der Waals surface area contributed by atoms with E-state index in [4.69, 9.17) is 23.9 Å². The molecule has 7 nitrogen and oxygen atoms in total. The van der Waals surface area contributed by atoms with Crippen molar-refractivity contribution in [3.8, 4) is 11.5 Å².